The van der Waals surface area contributed by atoms with Crippen LogP contribution in [0, 0.1) is 10.1 Å². The highest BCUT2D eigenvalue weighted by atomic mass is 16.6. The standard InChI is InChI=1S/C19H21N3O5/c23-18(24)16-8-4-15(5-9-16)13-21-19(25)20-12-2-1-3-14-6-10-17(11-7-14)22(26)27/h4-11H,1-3,12-13H2,(H,23,24)(H2,20,21,25). The Kier molecular flexibility index (Phi) is 7.30. The second kappa shape index (κ2) is 9.91. The summed E-state index contributed by atoms with van der Waals surface area (Å²) in [6.45, 7) is 0.839. The van der Waals surface area contributed by atoms with E-state index in [0.29, 0.717) is 13.1 Å². The molecule has 2 rings (SSSR count). The zero-order valence-electron chi connectivity index (χ0n) is 14.7. The molecule has 0 atom stereocenters. The normalized spacial score (nSPS) is 10.2. The van der Waals surface area contributed by atoms with Crippen LogP contribution in [0.4, 0.5) is 10.5 Å². The molecule has 8 heteroatoms. The quantitative estimate of drug-likeness (QED) is 0.355. The molecule has 0 fully saturated rings. The molecule has 0 aliphatic carbocycles. The van der Waals surface area contributed by atoms with Gasteiger partial charge in [-0.05, 0) is 42.5 Å². The SMILES string of the molecule is O=C(NCCCCc1ccc([N+](=O)[O-])cc1)NCc1ccc(C(=O)O)cc1. The maximum atomic E-state index is 11.7. The molecular weight excluding hydrogens is 350 g/mol. The number of hydrogen-bond acceptors (Lipinski definition) is 4. The van der Waals surface area contributed by atoms with E-state index in [9.17, 15) is 19.7 Å². The summed E-state index contributed by atoms with van der Waals surface area (Å²) in [5, 5.41) is 24.9. The van der Waals surface area contributed by atoms with Gasteiger partial charge in [0.25, 0.3) is 5.69 Å². The number of unbranched alkanes of at least 4 members (excludes halogenated alkanes) is 1. The van der Waals surface area contributed by atoms with Gasteiger partial charge in [0.1, 0.15) is 0 Å². The molecule has 3 N–H and O–H groups in total. The summed E-state index contributed by atoms with van der Waals surface area (Å²) < 4.78 is 0. The van der Waals surface area contributed by atoms with Crippen LogP contribution in [0.3, 0.4) is 0 Å². The number of hydrogen-bond donors (Lipinski definition) is 3. The van der Waals surface area contributed by atoms with Crippen LogP contribution < -0.4 is 10.6 Å². The average molecular weight is 371 g/mol. The third-order valence-corrected chi connectivity index (χ3v) is 3.98. The summed E-state index contributed by atoms with van der Waals surface area (Å²) in [5.74, 6) is -0.985. The fraction of sp³-hybridized carbons (Fsp3) is 0.263. The molecule has 2 aromatic carbocycles. The number of nitrogens with one attached hydrogen (secondary N) is 2. The maximum absolute atomic E-state index is 11.7. The lowest BCUT2D eigenvalue weighted by atomic mass is 10.1. The van der Waals surface area contributed by atoms with Crippen LogP contribution in [0.25, 0.3) is 0 Å². The lowest BCUT2D eigenvalue weighted by Gasteiger charge is -2.08. The van der Waals surface area contributed by atoms with E-state index in [1.165, 1.54) is 24.3 Å². The van der Waals surface area contributed by atoms with Gasteiger partial charge in [-0.2, -0.15) is 0 Å². The number of nitro benzene ring substituents is 1. The minimum absolute atomic E-state index is 0.0784. The van der Waals surface area contributed by atoms with Crippen molar-refractivity contribution in [1.29, 1.82) is 0 Å². The van der Waals surface area contributed by atoms with Gasteiger partial charge in [0.15, 0.2) is 0 Å². The first-order valence-electron chi connectivity index (χ1n) is 8.53. The molecule has 142 valence electrons. The van der Waals surface area contributed by atoms with Gasteiger partial charge < -0.3 is 15.7 Å². The highest BCUT2D eigenvalue weighted by Gasteiger charge is 2.05. The third kappa shape index (κ3) is 6.77. The van der Waals surface area contributed by atoms with Gasteiger partial charge >= 0.3 is 12.0 Å². The largest absolute Gasteiger partial charge is 0.478 e. The number of carbonyl (C=O) groups is 2. The summed E-state index contributed by atoms with van der Waals surface area (Å²) in [7, 11) is 0. The second-order valence-electron chi connectivity index (χ2n) is 5.99. The lowest BCUT2D eigenvalue weighted by Crippen LogP contribution is -2.35. The van der Waals surface area contributed by atoms with Crippen molar-refractivity contribution in [2.45, 2.75) is 25.8 Å². The van der Waals surface area contributed by atoms with Gasteiger partial charge in [-0.3, -0.25) is 10.1 Å². The molecule has 0 bridgehead atoms. The zero-order valence-corrected chi connectivity index (χ0v) is 14.7. The van der Waals surface area contributed by atoms with Gasteiger partial charge in [0.2, 0.25) is 0 Å². The summed E-state index contributed by atoms with van der Waals surface area (Å²) in [4.78, 5) is 32.7. The van der Waals surface area contributed by atoms with Crippen molar-refractivity contribution >= 4 is 17.7 Å². The van der Waals surface area contributed by atoms with Crippen molar-refractivity contribution in [2.75, 3.05) is 6.54 Å². The fourth-order valence-corrected chi connectivity index (χ4v) is 2.45. The number of urea groups is 1. The van der Waals surface area contributed by atoms with Gasteiger partial charge in [-0.15, -0.1) is 0 Å². The van der Waals surface area contributed by atoms with Gasteiger partial charge in [-0.25, -0.2) is 9.59 Å². The number of non-ortho nitro benzene ring substituents is 1. The van der Waals surface area contributed by atoms with E-state index < -0.39 is 10.9 Å². The van der Waals surface area contributed by atoms with E-state index in [-0.39, 0.29) is 17.3 Å². The molecule has 27 heavy (non-hydrogen) atoms. The summed E-state index contributed by atoms with van der Waals surface area (Å²) in [6.07, 6.45) is 2.43. The van der Waals surface area contributed by atoms with Gasteiger partial charge in [0, 0.05) is 25.2 Å². The van der Waals surface area contributed by atoms with Crippen molar-refractivity contribution in [3.8, 4) is 0 Å². The van der Waals surface area contributed by atoms with E-state index >= 15 is 0 Å². The van der Waals surface area contributed by atoms with E-state index in [0.717, 1.165) is 30.4 Å². The van der Waals surface area contributed by atoms with Crippen LogP contribution in [0.1, 0.15) is 34.3 Å². The van der Waals surface area contributed by atoms with Crippen LogP contribution in [0.15, 0.2) is 48.5 Å². The Bertz CT molecular complexity index is 788. The number of carboxylic acid groups (broad SMARTS) is 1. The van der Waals surface area contributed by atoms with Crippen LogP contribution in [-0.4, -0.2) is 28.6 Å². The predicted molar refractivity (Wildman–Crippen MR) is 99.7 cm³/mol. The number of nitro groups is 1. The number of aryl methyl sites for hydroxylation is 1. The molecular formula is C19H21N3O5. The number of carbonyl (C=O) groups excluding carboxylic acids is 1. The number of carboxylic acids is 1. The second-order valence-corrected chi connectivity index (χ2v) is 5.99. The Hall–Kier alpha value is -3.42. The molecule has 0 heterocycles. The highest BCUT2D eigenvalue weighted by molar-refractivity contribution is 5.87. The maximum Gasteiger partial charge on any atom is 0.335 e. The topological polar surface area (TPSA) is 122 Å². The molecule has 2 amide bonds. The van der Waals surface area contributed by atoms with Crippen LogP contribution in [0.5, 0.6) is 0 Å². The van der Waals surface area contributed by atoms with Crippen LogP contribution in [0.2, 0.25) is 0 Å². The Morgan fingerprint density at radius 1 is 0.926 bits per heavy atom. The van der Waals surface area contributed by atoms with Crippen molar-refractivity contribution in [1.82, 2.24) is 10.6 Å². The minimum atomic E-state index is -0.985. The number of amides is 2. The number of rotatable bonds is 9. The number of nitrogens with zero attached hydrogens (tertiary/aromatic N) is 1. The van der Waals surface area contributed by atoms with E-state index in [1.54, 1.807) is 24.3 Å². The van der Waals surface area contributed by atoms with Crippen molar-refractivity contribution in [3.05, 3.63) is 75.3 Å². The van der Waals surface area contributed by atoms with Crippen molar-refractivity contribution in [3.63, 3.8) is 0 Å². The molecule has 0 unspecified atom stereocenters. The van der Waals surface area contributed by atoms with Gasteiger partial charge in [0.05, 0.1) is 10.5 Å². The van der Waals surface area contributed by atoms with Crippen molar-refractivity contribution in [2.24, 2.45) is 0 Å². The fourth-order valence-electron chi connectivity index (χ4n) is 2.45. The minimum Gasteiger partial charge on any atom is -0.478 e. The Labute approximate surface area is 156 Å². The average Bonchev–Trinajstić information content (AvgIpc) is 2.66. The molecule has 2 aromatic rings. The molecule has 0 radical (unpaired) electrons. The molecule has 0 saturated carbocycles. The lowest BCUT2D eigenvalue weighted by molar-refractivity contribution is -0.384. The van der Waals surface area contributed by atoms with Crippen LogP contribution in [-0.2, 0) is 13.0 Å². The number of aromatic carboxylic acids is 1. The third-order valence-electron chi connectivity index (χ3n) is 3.98. The molecule has 0 saturated heterocycles. The molecule has 0 aliphatic rings. The summed E-state index contributed by atoms with van der Waals surface area (Å²) in [5.41, 5.74) is 2.12. The first-order chi connectivity index (χ1) is 13.0. The zero-order chi connectivity index (χ0) is 19.6. The van der Waals surface area contributed by atoms with E-state index in [2.05, 4.69) is 10.6 Å². The first kappa shape index (κ1) is 19.9. The van der Waals surface area contributed by atoms with E-state index in [4.69, 9.17) is 5.11 Å². The van der Waals surface area contributed by atoms with Crippen LogP contribution >= 0.6 is 0 Å². The molecule has 0 spiro atoms. The predicted octanol–water partition coefficient (Wildman–Crippen LogP) is 3.12. The molecule has 0 aromatic heterocycles. The molecule has 0 aliphatic heterocycles. The first-order valence-corrected chi connectivity index (χ1v) is 8.53. The molecule has 8 nitrogen and oxygen atoms in total. The summed E-state index contributed by atoms with van der Waals surface area (Å²) >= 11 is 0. The Balaban J connectivity index is 1.60. The number of benzene rings is 2. The smallest absolute Gasteiger partial charge is 0.335 e. The Morgan fingerprint density at radius 2 is 1.56 bits per heavy atom. The summed E-state index contributed by atoms with van der Waals surface area (Å²) in [6, 6.07) is 12.5. The highest BCUT2D eigenvalue weighted by Crippen LogP contribution is 2.13. The van der Waals surface area contributed by atoms with Gasteiger partial charge in [-0.1, -0.05) is 24.3 Å². The van der Waals surface area contributed by atoms with E-state index in [1.807, 2.05) is 0 Å². The Morgan fingerprint density at radius 3 is 2.15 bits per heavy atom. The monoisotopic (exact) mass is 371 g/mol. The van der Waals surface area contributed by atoms with Crippen molar-refractivity contribution < 1.29 is 19.6 Å².